The highest BCUT2D eigenvalue weighted by Gasteiger charge is 2.30. The first-order valence-electron chi connectivity index (χ1n) is 8.48. The monoisotopic (exact) mass is 418 g/mol. The lowest BCUT2D eigenvalue weighted by atomic mass is 9.94. The van der Waals surface area contributed by atoms with E-state index in [0.29, 0.717) is 17.1 Å². The fourth-order valence-corrected chi connectivity index (χ4v) is 3.68. The fraction of sp³-hybridized carbons (Fsp3) is 0.136. The van der Waals surface area contributed by atoms with Crippen molar-refractivity contribution in [3.63, 3.8) is 0 Å². The maximum atomic E-state index is 13.2. The van der Waals surface area contributed by atoms with E-state index in [2.05, 4.69) is 6.58 Å². The first kappa shape index (κ1) is 20.7. The van der Waals surface area contributed by atoms with E-state index in [1.54, 1.807) is 12.1 Å². The van der Waals surface area contributed by atoms with Gasteiger partial charge in [0.1, 0.15) is 17.1 Å². The van der Waals surface area contributed by atoms with Crippen molar-refractivity contribution in [2.24, 2.45) is 0 Å². The Balaban J connectivity index is 2.06. The van der Waals surface area contributed by atoms with Crippen molar-refractivity contribution in [2.75, 3.05) is 14.2 Å². The summed E-state index contributed by atoms with van der Waals surface area (Å²) in [6.07, 6.45) is -4.45. The number of thiophene rings is 1. The number of carbonyl (C=O) groups excluding carboxylic acids is 1. The molecule has 0 spiro atoms. The van der Waals surface area contributed by atoms with Gasteiger partial charge < -0.3 is 9.47 Å². The lowest BCUT2D eigenvalue weighted by molar-refractivity contribution is -0.137. The summed E-state index contributed by atoms with van der Waals surface area (Å²) in [6.45, 7) is 3.80. The number of allylic oxidation sites excluding steroid dienone is 1. The van der Waals surface area contributed by atoms with Crippen molar-refractivity contribution in [3.05, 3.63) is 77.2 Å². The van der Waals surface area contributed by atoms with E-state index in [4.69, 9.17) is 9.47 Å². The Morgan fingerprint density at radius 1 is 1.00 bits per heavy atom. The van der Waals surface area contributed by atoms with E-state index < -0.39 is 17.5 Å². The second kappa shape index (κ2) is 8.13. The Bertz CT molecular complexity index is 1040. The lowest BCUT2D eigenvalue weighted by Crippen LogP contribution is -2.09. The normalized spacial score (nSPS) is 11.2. The third-order valence-corrected chi connectivity index (χ3v) is 5.30. The largest absolute Gasteiger partial charge is 0.496 e. The van der Waals surface area contributed by atoms with Crippen LogP contribution in [0.1, 0.15) is 21.5 Å². The Labute approximate surface area is 170 Å². The van der Waals surface area contributed by atoms with Crippen LogP contribution >= 0.6 is 11.3 Å². The number of hydrogen-bond acceptors (Lipinski definition) is 4. The highest BCUT2D eigenvalue weighted by atomic mass is 32.1. The summed E-state index contributed by atoms with van der Waals surface area (Å²) in [6, 6.07) is 11.5. The van der Waals surface area contributed by atoms with E-state index in [1.165, 1.54) is 37.7 Å². The molecule has 29 heavy (non-hydrogen) atoms. The zero-order valence-electron chi connectivity index (χ0n) is 15.7. The first-order chi connectivity index (χ1) is 13.8. The summed E-state index contributed by atoms with van der Waals surface area (Å²) < 4.78 is 49.3. The Kier molecular flexibility index (Phi) is 5.79. The molecule has 0 bridgehead atoms. The molecular formula is C22H17F3O3S. The molecule has 150 valence electrons. The number of methoxy groups -OCH3 is 2. The van der Waals surface area contributed by atoms with Crippen LogP contribution in [0, 0.1) is 0 Å². The highest BCUT2D eigenvalue weighted by molar-refractivity contribution is 7.13. The molecule has 1 heterocycles. The van der Waals surface area contributed by atoms with Crippen molar-refractivity contribution in [3.8, 4) is 21.9 Å². The zero-order chi connectivity index (χ0) is 21.2. The Hall–Kier alpha value is -3.06. The summed E-state index contributed by atoms with van der Waals surface area (Å²) in [5, 5.41) is 1.90. The van der Waals surface area contributed by atoms with Gasteiger partial charge in [-0.1, -0.05) is 24.8 Å². The summed E-state index contributed by atoms with van der Waals surface area (Å²) >= 11 is 1.49. The van der Waals surface area contributed by atoms with Gasteiger partial charge in [-0.25, -0.2) is 0 Å². The Morgan fingerprint density at radius 3 is 2.21 bits per heavy atom. The van der Waals surface area contributed by atoms with Crippen molar-refractivity contribution in [2.45, 2.75) is 6.18 Å². The number of halogens is 3. The van der Waals surface area contributed by atoms with Gasteiger partial charge in [-0.2, -0.15) is 13.2 Å². The van der Waals surface area contributed by atoms with Crippen molar-refractivity contribution in [1.82, 2.24) is 0 Å². The van der Waals surface area contributed by atoms with Crippen LogP contribution in [0.5, 0.6) is 11.5 Å². The second-order valence-corrected chi connectivity index (χ2v) is 7.03. The molecule has 3 aromatic rings. The van der Waals surface area contributed by atoms with Gasteiger partial charge in [-0.05, 0) is 41.3 Å². The topological polar surface area (TPSA) is 35.5 Å². The third kappa shape index (κ3) is 4.05. The molecule has 0 amide bonds. The molecule has 7 heteroatoms. The molecule has 3 rings (SSSR count). The van der Waals surface area contributed by atoms with Crippen LogP contribution in [-0.2, 0) is 6.18 Å². The van der Waals surface area contributed by atoms with Crippen molar-refractivity contribution in [1.29, 1.82) is 0 Å². The van der Waals surface area contributed by atoms with Gasteiger partial charge in [0, 0.05) is 16.0 Å². The predicted molar refractivity (Wildman–Crippen MR) is 108 cm³/mol. The predicted octanol–water partition coefficient (Wildman–Crippen LogP) is 6.35. The molecule has 0 aliphatic rings. The van der Waals surface area contributed by atoms with Crippen LogP contribution < -0.4 is 9.47 Å². The lowest BCUT2D eigenvalue weighted by Gasteiger charge is -2.17. The molecule has 2 aromatic carbocycles. The molecule has 0 atom stereocenters. The quantitative estimate of drug-likeness (QED) is 0.346. The molecule has 0 aliphatic heterocycles. The van der Waals surface area contributed by atoms with Gasteiger partial charge in [0.15, 0.2) is 0 Å². The number of Topliss-reactive ketones (excluding diaryl/α,β-unsaturated/α-hetero) is 1. The SMILES string of the molecule is C=C(C(=O)c1c(OC)ccc(-c2cccs2)c1OC)c1ccc(C(F)(F)F)cc1. The van der Waals surface area contributed by atoms with E-state index >= 15 is 0 Å². The molecule has 0 aliphatic carbocycles. The number of rotatable bonds is 6. The van der Waals surface area contributed by atoms with Crippen molar-refractivity contribution < 1.29 is 27.4 Å². The standard InChI is InChI=1S/C22H17F3O3S/c1-13(14-6-8-15(9-7-14)22(23,24)25)20(26)19-17(27-2)11-10-16(21(19)28-3)18-5-4-12-29-18/h4-12H,1H2,2-3H3. The van der Waals surface area contributed by atoms with E-state index in [0.717, 1.165) is 17.0 Å². The summed E-state index contributed by atoms with van der Waals surface area (Å²) in [4.78, 5) is 14.1. The van der Waals surface area contributed by atoms with Crippen LogP contribution in [0.3, 0.4) is 0 Å². The minimum absolute atomic E-state index is 0.0404. The number of hydrogen-bond donors (Lipinski definition) is 0. The van der Waals surface area contributed by atoms with Gasteiger partial charge in [0.2, 0.25) is 5.78 Å². The second-order valence-electron chi connectivity index (χ2n) is 6.08. The zero-order valence-corrected chi connectivity index (χ0v) is 16.5. The van der Waals surface area contributed by atoms with Crippen LogP contribution in [0.15, 0.2) is 60.5 Å². The first-order valence-corrected chi connectivity index (χ1v) is 9.36. The van der Waals surface area contributed by atoms with Gasteiger partial charge in [-0.15, -0.1) is 11.3 Å². The smallest absolute Gasteiger partial charge is 0.416 e. The Morgan fingerprint density at radius 2 is 1.69 bits per heavy atom. The average molecular weight is 418 g/mol. The highest BCUT2D eigenvalue weighted by Crippen LogP contribution is 2.42. The van der Waals surface area contributed by atoms with Gasteiger partial charge >= 0.3 is 6.18 Å². The fourth-order valence-electron chi connectivity index (χ4n) is 2.93. The van der Waals surface area contributed by atoms with Crippen molar-refractivity contribution >= 4 is 22.7 Å². The molecular weight excluding hydrogens is 401 g/mol. The molecule has 0 saturated carbocycles. The van der Waals surface area contributed by atoms with Crippen LogP contribution in [0.2, 0.25) is 0 Å². The number of ether oxygens (including phenoxy) is 2. The average Bonchev–Trinajstić information content (AvgIpc) is 3.25. The maximum absolute atomic E-state index is 13.2. The molecule has 0 fully saturated rings. The molecule has 0 N–H and O–H groups in total. The van der Waals surface area contributed by atoms with Crippen LogP contribution in [0.4, 0.5) is 13.2 Å². The van der Waals surface area contributed by atoms with E-state index in [9.17, 15) is 18.0 Å². The maximum Gasteiger partial charge on any atom is 0.416 e. The number of benzene rings is 2. The number of alkyl halides is 3. The minimum atomic E-state index is -4.45. The van der Waals surface area contributed by atoms with Gasteiger partial charge in [0.05, 0.1) is 19.8 Å². The van der Waals surface area contributed by atoms with E-state index in [-0.39, 0.29) is 16.7 Å². The minimum Gasteiger partial charge on any atom is -0.496 e. The summed E-state index contributed by atoms with van der Waals surface area (Å²) in [5.74, 6) is 0.127. The van der Waals surface area contributed by atoms with Gasteiger partial charge in [0.25, 0.3) is 0 Å². The molecule has 0 radical (unpaired) electrons. The molecule has 0 saturated heterocycles. The number of ketones is 1. The van der Waals surface area contributed by atoms with Crippen LogP contribution in [-0.4, -0.2) is 20.0 Å². The van der Waals surface area contributed by atoms with Gasteiger partial charge in [-0.3, -0.25) is 4.79 Å². The summed E-state index contributed by atoms with van der Waals surface area (Å²) in [5.41, 5.74) is 0.418. The molecule has 3 nitrogen and oxygen atoms in total. The molecule has 1 aromatic heterocycles. The van der Waals surface area contributed by atoms with E-state index in [1.807, 2.05) is 17.5 Å². The summed E-state index contributed by atoms with van der Waals surface area (Å²) in [7, 11) is 2.88. The third-order valence-electron chi connectivity index (χ3n) is 4.39. The molecule has 0 unspecified atom stereocenters. The number of carbonyl (C=O) groups is 1. The van der Waals surface area contributed by atoms with Crippen LogP contribution in [0.25, 0.3) is 16.0 Å².